The molecule has 0 aliphatic heterocycles. The van der Waals surface area contributed by atoms with E-state index in [4.69, 9.17) is 16.0 Å². The second-order valence-corrected chi connectivity index (χ2v) is 7.08. The van der Waals surface area contributed by atoms with E-state index in [1.54, 1.807) is 24.3 Å². The Labute approximate surface area is 168 Å². The fourth-order valence-corrected chi connectivity index (χ4v) is 3.13. The van der Waals surface area contributed by atoms with Crippen LogP contribution in [0.1, 0.15) is 28.4 Å². The number of oxazole rings is 1. The van der Waals surface area contributed by atoms with Crippen molar-refractivity contribution in [3.8, 4) is 11.5 Å². The van der Waals surface area contributed by atoms with Gasteiger partial charge >= 0.3 is 0 Å². The number of fused-ring (bicyclic) bond motifs is 1. The lowest BCUT2D eigenvalue weighted by atomic mass is 10.1. The van der Waals surface area contributed by atoms with Gasteiger partial charge in [-0.25, -0.2) is 4.98 Å². The number of carbonyl (C=O) groups excluding carboxylic acids is 1. The average molecular weight is 391 g/mol. The highest BCUT2D eigenvalue weighted by Gasteiger charge is 2.12. The summed E-state index contributed by atoms with van der Waals surface area (Å²) in [6, 6.07) is 18.8. The number of hydrogen-bond acceptors (Lipinski definition) is 3. The fraction of sp³-hybridized carbons (Fsp3) is 0.130. The number of nitrogens with one attached hydrogen (secondary N) is 1. The molecule has 0 spiro atoms. The number of benzene rings is 3. The van der Waals surface area contributed by atoms with Crippen molar-refractivity contribution in [2.24, 2.45) is 0 Å². The van der Waals surface area contributed by atoms with Crippen LogP contribution in [-0.2, 0) is 6.42 Å². The summed E-state index contributed by atoms with van der Waals surface area (Å²) in [6.07, 6.45) is 0.989. The molecule has 140 valence electrons. The number of aryl methyl sites for hydroxylation is 2. The van der Waals surface area contributed by atoms with Gasteiger partial charge in [-0.15, -0.1) is 0 Å². The Kier molecular flexibility index (Phi) is 4.88. The lowest BCUT2D eigenvalue weighted by Crippen LogP contribution is -2.11. The third kappa shape index (κ3) is 3.64. The molecule has 1 amide bonds. The second-order valence-electron chi connectivity index (χ2n) is 6.67. The van der Waals surface area contributed by atoms with Crippen molar-refractivity contribution in [2.45, 2.75) is 20.3 Å². The topological polar surface area (TPSA) is 55.1 Å². The van der Waals surface area contributed by atoms with Gasteiger partial charge < -0.3 is 9.73 Å². The second kappa shape index (κ2) is 7.49. The molecule has 0 aliphatic rings. The van der Waals surface area contributed by atoms with E-state index in [0.717, 1.165) is 17.5 Å². The molecule has 1 aromatic heterocycles. The Morgan fingerprint density at radius 1 is 1.07 bits per heavy atom. The maximum Gasteiger partial charge on any atom is 0.255 e. The third-order valence-corrected chi connectivity index (χ3v) is 5.10. The molecule has 0 atom stereocenters. The normalized spacial score (nSPS) is 11.0. The van der Waals surface area contributed by atoms with E-state index >= 15 is 0 Å². The highest BCUT2D eigenvalue weighted by Crippen LogP contribution is 2.27. The first-order valence-electron chi connectivity index (χ1n) is 9.11. The quantitative estimate of drug-likeness (QED) is 0.446. The van der Waals surface area contributed by atoms with Crippen molar-refractivity contribution in [1.82, 2.24) is 4.98 Å². The van der Waals surface area contributed by atoms with Gasteiger partial charge in [-0.3, -0.25) is 4.79 Å². The Morgan fingerprint density at radius 3 is 2.57 bits per heavy atom. The van der Waals surface area contributed by atoms with Crippen LogP contribution in [0.15, 0.2) is 65.1 Å². The zero-order valence-corrected chi connectivity index (χ0v) is 16.4. The van der Waals surface area contributed by atoms with Crippen molar-refractivity contribution in [3.05, 3.63) is 82.4 Å². The minimum atomic E-state index is -0.222. The molecule has 28 heavy (non-hydrogen) atoms. The van der Waals surface area contributed by atoms with E-state index < -0.39 is 0 Å². The largest absolute Gasteiger partial charge is 0.436 e. The highest BCUT2D eigenvalue weighted by molar-refractivity contribution is 6.31. The summed E-state index contributed by atoms with van der Waals surface area (Å²) < 4.78 is 5.86. The van der Waals surface area contributed by atoms with Gasteiger partial charge in [-0.2, -0.15) is 0 Å². The Bertz CT molecular complexity index is 1160. The van der Waals surface area contributed by atoms with E-state index in [2.05, 4.69) is 29.4 Å². The molecule has 1 N–H and O–H groups in total. The first-order valence-corrected chi connectivity index (χ1v) is 9.48. The first-order chi connectivity index (χ1) is 13.5. The van der Waals surface area contributed by atoms with E-state index in [1.165, 1.54) is 5.56 Å². The van der Waals surface area contributed by atoms with Crippen LogP contribution in [-0.4, -0.2) is 10.9 Å². The lowest BCUT2D eigenvalue weighted by Gasteiger charge is -2.06. The summed E-state index contributed by atoms with van der Waals surface area (Å²) in [5.74, 6) is 0.339. The molecule has 0 saturated heterocycles. The molecule has 0 saturated carbocycles. The SMILES string of the molecule is CCc1ccc(-c2nc3cc(NC(=O)c4ccc(C)c(Cl)c4)ccc3o2)cc1. The van der Waals surface area contributed by atoms with Gasteiger partial charge in [0.2, 0.25) is 5.89 Å². The smallest absolute Gasteiger partial charge is 0.255 e. The molecular weight excluding hydrogens is 372 g/mol. The van der Waals surface area contributed by atoms with Gasteiger partial charge in [-0.05, 0) is 66.9 Å². The third-order valence-electron chi connectivity index (χ3n) is 4.69. The first kappa shape index (κ1) is 18.3. The van der Waals surface area contributed by atoms with E-state index in [1.807, 2.05) is 31.2 Å². The number of halogens is 1. The molecule has 0 aliphatic carbocycles. The van der Waals surface area contributed by atoms with Crippen LogP contribution in [0.25, 0.3) is 22.6 Å². The Balaban J connectivity index is 1.58. The lowest BCUT2D eigenvalue weighted by molar-refractivity contribution is 0.102. The molecule has 0 bridgehead atoms. The van der Waals surface area contributed by atoms with Gasteiger partial charge in [0.15, 0.2) is 5.58 Å². The summed E-state index contributed by atoms with van der Waals surface area (Å²) in [5.41, 5.74) is 5.64. The molecule has 4 nitrogen and oxygen atoms in total. The molecule has 3 aromatic carbocycles. The Morgan fingerprint density at radius 2 is 1.86 bits per heavy atom. The van der Waals surface area contributed by atoms with Crippen LogP contribution in [0, 0.1) is 6.92 Å². The van der Waals surface area contributed by atoms with Crippen molar-refractivity contribution >= 4 is 34.3 Å². The molecule has 1 heterocycles. The maximum absolute atomic E-state index is 12.5. The molecule has 0 unspecified atom stereocenters. The summed E-state index contributed by atoms with van der Waals surface area (Å²) in [5, 5.41) is 3.45. The summed E-state index contributed by atoms with van der Waals surface area (Å²) in [4.78, 5) is 17.1. The zero-order valence-electron chi connectivity index (χ0n) is 15.6. The van der Waals surface area contributed by atoms with Crippen LogP contribution in [0.2, 0.25) is 5.02 Å². The van der Waals surface area contributed by atoms with E-state index in [0.29, 0.717) is 33.3 Å². The number of aromatic nitrogens is 1. The fourth-order valence-electron chi connectivity index (χ4n) is 2.95. The number of hydrogen-bond donors (Lipinski definition) is 1. The molecule has 5 heteroatoms. The van der Waals surface area contributed by atoms with Crippen LogP contribution in [0.3, 0.4) is 0 Å². The number of anilines is 1. The van der Waals surface area contributed by atoms with Crippen LogP contribution in [0.5, 0.6) is 0 Å². The van der Waals surface area contributed by atoms with Gasteiger partial charge in [-0.1, -0.05) is 36.7 Å². The molecular formula is C23H19ClN2O2. The van der Waals surface area contributed by atoms with Crippen molar-refractivity contribution in [2.75, 3.05) is 5.32 Å². The molecule has 4 rings (SSSR count). The van der Waals surface area contributed by atoms with Crippen LogP contribution >= 0.6 is 11.6 Å². The predicted molar refractivity (Wildman–Crippen MR) is 113 cm³/mol. The summed E-state index contributed by atoms with van der Waals surface area (Å²) in [7, 11) is 0. The van der Waals surface area contributed by atoms with Gasteiger partial charge in [0.1, 0.15) is 5.52 Å². The zero-order chi connectivity index (χ0) is 19.7. The van der Waals surface area contributed by atoms with Crippen LogP contribution < -0.4 is 5.32 Å². The number of amides is 1. The highest BCUT2D eigenvalue weighted by atomic mass is 35.5. The van der Waals surface area contributed by atoms with Gasteiger partial charge in [0.05, 0.1) is 0 Å². The van der Waals surface area contributed by atoms with Crippen molar-refractivity contribution in [1.29, 1.82) is 0 Å². The average Bonchev–Trinajstić information content (AvgIpc) is 3.13. The summed E-state index contributed by atoms with van der Waals surface area (Å²) in [6.45, 7) is 4.02. The monoisotopic (exact) mass is 390 g/mol. The van der Waals surface area contributed by atoms with Gasteiger partial charge in [0, 0.05) is 21.8 Å². The van der Waals surface area contributed by atoms with E-state index in [-0.39, 0.29) is 5.91 Å². The minimum absolute atomic E-state index is 0.222. The molecule has 0 radical (unpaired) electrons. The number of nitrogens with zero attached hydrogens (tertiary/aromatic N) is 1. The van der Waals surface area contributed by atoms with E-state index in [9.17, 15) is 4.79 Å². The van der Waals surface area contributed by atoms with Crippen molar-refractivity contribution < 1.29 is 9.21 Å². The van der Waals surface area contributed by atoms with Gasteiger partial charge in [0.25, 0.3) is 5.91 Å². The summed E-state index contributed by atoms with van der Waals surface area (Å²) >= 11 is 6.12. The minimum Gasteiger partial charge on any atom is -0.436 e. The predicted octanol–water partition coefficient (Wildman–Crippen LogP) is 6.27. The number of rotatable bonds is 4. The molecule has 4 aromatic rings. The maximum atomic E-state index is 12.5. The Hall–Kier alpha value is -3.11. The standard InChI is InChI=1S/C23H19ClN2O2/c1-3-15-5-8-16(9-6-15)23-26-20-13-18(10-11-21(20)28-23)25-22(27)17-7-4-14(2)19(24)12-17/h4-13H,3H2,1-2H3,(H,25,27). The number of carbonyl (C=O) groups is 1. The van der Waals surface area contributed by atoms with Crippen molar-refractivity contribution in [3.63, 3.8) is 0 Å². The molecule has 0 fully saturated rings. The van der Waals surface area contributed by atoms with Crippen LogP contribution in [0.4, 0.5) is 5.69 Å².